The number of carbonyl (C=O) groups excluding carboxylic acids is 2. The number of aryl methyl sites for hydroxylation is 1. The lowest BCUT2D eigenvalue weighted by Crippen LogP contribution is -2.29. The quantitative estimate of drug-likeness (QED) is 0.632. The van der Waals surface area contributed by atoms with E-state index in [1.165, 1.54) is 0 Å². The second kappa shape index (κ2) is 6.62. The number of pyridine rings is 1. The maximum absolute atomic E-state index is 13.3. The number of amides is 1. The number of hydrogen-bond donors (Lipinski definition) is 0. The average molecular weight is 379 g/mol. The number of benzene rings is 1. The van der Waals surface area contributed by atoms with Crippen LogP contribution < -0.4 is 0 Å². The number of imidazole rings is 1. The zero-order valence-corrected chi connectivity index (χ0v) is 16.8. The molecule has 0 saturated carbocycles. The highest BCUT2D eigenvalue weighted by atomic mass is 16.6. The van der Waals surface area contributed by atoms with Crippen molar-refractivity contribution in [2.24, 2.45) is 0 Å². The minimum absolute atomic E-state index is 0.0186. The SMILES string of the molecule is Cc1c(C(=O)N2CCCC2)c2ccccc2n2cnc(C(=O)OC(C)(C)C)c12. The van der Waals surface area contributed by atoms with E-state index in [2.05, 4.69) is 4.98 Å². The second-order valence-electron chi connectivity index (χ2n) is 8.33. The number of esters is 1. The van der Waals surface area contributed by atoms with E-state index < -0.39 is 11.6 Å². The van der Waals surface area contributed by atoms with Gasteiger partial charge in [-0.05, 0) is 52.2 Å². The maximum Gasteiger partial charge on any atom is 0.359 e. The molecule has 6 heteroatoms. The number of hydrogen-bond acceptors (Lipinski definition) is 4. The van der Waals surface area contributed by atoms with E-state index in [0.29, 0.717) is 11.1 Å². The van der Waals surface area contributed by atoms with Crippen LogP contribution in [0.3, 0.4) is 0 Å². The summed E-state index contributed by atoms with van der Waals surface area (Å²) in [5, 5.41) is 0.873. The highest BCUT2D eigenvalue weighted by Gasteiger charge is 2.28. The van der Waals surface area contributed by atoms with E-state index in [0.717, 1.165) is 42.4 Å². The molecule has 3 heterocycles. The van der Waals surface area contributed by atoms with Gasteiger partial charge in [-0.3, -0.25) is 9.20 Å². The Bertz CT molecular complexity index is 1090. The van der Waals surface area contributed by atoms with Crippen molar-refractivity contribution in [2.45, 2.75) is 46.1 Å². The molecule has 1 aliphatic rings. The molecule has 1 aliphatic heterocycles. The molecule has 0 bridgehead atoms. The third kappa shape index (κ3) is 3.03. The van der Waals surface area contributed by atoms with Gasteiger partial charge in [0.15, 0.2) is 5.69 Å². The Morgan fingerprint density at radius 1 is 1.11 bits per heavy atom. The number of ether oxygens (including phenoxy) is 1. The fourth-order valence-corrected chi connectivity index (χ4v) is 3.93. The molecule has 0 unspecified atom stereocenters. The molecule has 0 aliphatic carbocycles. The largest absolute Gasteiger partial charge is 0.455 e. The predicted molar refractivity (Wildman–Crippen MR) is 108 cm³/mol. The molecule has 0 N–H and O–H groups in total. The Kier molecular flexibility index (Phi) is 4.37. The van der Waals surface area contributed by atoms with E-state index in [9.17, 15) is 9.59 Å². The van der Waals surface area contributed by atoms with Gasteiger partial charge in [0.05, 0.1) is 16.6 Å². The van der Waals surface area contributed by atoms with Crippen molar-refractivity contribution in [3.05, 3.63) is 47.4 Å². The van der Waals surface area contributed by atoms with Gasteiger partial charge in [0.25, 0.3) is 5.91 Å². The van der Waals surface area contributed by atoms with Crippen LogP contribution in [0.4, 0.5) is 0 Å². The van der Waals surface area contributed by atoms with Gasteiger partial charge in [-0.25, -0.2) is 9.78 Å². The van der Waals surface area contributed by atoms with Crippen LogP contribution in [0.1, 0.15) is 60.0 Å². The minimum atomic E-state index is -0.619. The fraction of sp³-hybridized carbons (Fsp3) is 0.409. The van der Waals surface area contributed by atoms with Crippen LogP contribution in [-0.4, -0.2) is 44.9 Å². The first kappa shape index (κ1) is 18.5. The third-order valence-corrected chi connectivity index (χ3v) is 5.13. The molecule has 1 amide bonds. The van der Waals surface area contributed by atoms with Crippen LogP contribution >= 0.6 is 0 Å². The molecule has 1 saturated heterocycles. The van der Waals surface area contributed by atoms with E-state index in [1.807, 2.05) is 61.3 Å². The first-order chi connectivity index (χ1) is 13.3. The Morgan fingerprint density at radius 3 is 2.46 bits per heavy atom. The Morgan fingerprint density at radius 2 is 1.79 bits per heavy atom. The highest BCUT2D eigenvalue weighted by Crippen LogP contribution is 2.30. The molecule has 4 rings (SSSR count). The number of para-hydroxylation sites is 1. The minimum Gasteiger partial charge on any atom is -0.455 e. The molecule has 0 radical (unpaired) electrons. The van der Waals surface area contributed by atoms with Gasteiger partial charge < -0.3 is 9.64 Å². The standard InChI is InChI=1S/C22H25N3O3/c1-14-17(20(26)24-11-7-8-12-24)15-9-5-6-10-16(15)25-13-23-18(19(14)25)21(27)28-22(2,3)4/h5-6,9-10,13H,7-8,11-12H2,1-4H3. The van der Waals surface area contributed by atoms with Crippen molar-refractivity contribution in [3.8, 4) is 0 Å². The number of rotatable bonds is 2. The van der Waals surface area contributed by atoms with Crippen LogP contribution in [0.2, 0.25) is 0 Å². The molecule has 146 valence electrons. The second-order valence-corrected chi connectivity index (χ2v) is 8.33. The molecule has 0 spiro atoms. The van der Waals surface area contributed by atoms with Crippen LogP contribution in [0.5, 0.6) is 0 Å². The summed E-state index contributed by atoms with van der Waals surface area (Å²) in [4.78, 5) is 32.4. The fourth-order valence-electron chi connectivity index (χ4n) is 3.93. The van der Waals surface area contributed by atoms with E-state index in [1.54, 1.807) is 6.33 Å². The van der Waals surface area contributed by atoms with Crippen LogP contribution in [0.25, 0.3) is 16.4 Å². The Hall–Kier alpha value is -2.89. The molecule has 3 aromatic rings. The molecule has 1 fully saturated rings. The van der Waals surface area contributed by atoms with Crippen molar-refractivity contribution in [3.63, 3.8) is 0 Å². The van der Waals surface area contributed by atoms with Gasteiger partial charge in [-0.2, -0.15) is 0 Å². The lowest BCUT2D eigenvalue weighted by atomic mass is 10.00. The zero-order chi connectivity index (χ0) is 20.1. The third-order valence-electron chi connectivity index (χ3n) is 5.13. The summed E-state index contributed by atoms with van der Waals surface area (Å²) in [7, 11) is 0. The summed E-state index contributed by atoms with van der Waals surface area (Å²) in [5.74, 6) is -0.460. The van der Waals surface area contributed by atoms with Crippen LogP contribution in [0, 0.1) is 6.92 Å². The summed E-state index contributed by atoms with van der Waals surface area (Å²) in [6.45, 7) is 8.92. The monoisotopic (exact) mass is 379 g/mol. The molecular weight excluding hydrogens is 354 g/mol. The van der Waals surface area contributed by atoms with Gasteiger partial charge in [0, 0.05) is 18.5 Å². The summed E-state index contributed by atoms with van der Waals surface area (Å²) in [6, 6.07) is 7.76. The maximum atomic E-state index is 13.3. The van der Waals surface area contributed by atoms with Gasteiger partial charge in [0.2, 0.25) is 0 Å². The van der Waals surface area contributed by atoms with Gasteiger partial charge in [-0.1, -0.05) is 18.2 Å². The van der Waals surface area contributed by atoms with Crippen LogP contribution in [-0.2, 0) is 4.74 Å². The topological polar surface area (TPSA) is 63.9 Å². The molecule has 2 aromatic heterocycles. The molecule has 6 nitrogen and oxygen atoms in total. The predicted octanol–water partition coefficient (Wildman–Crippen LogP) is 3.99. The van der Waals surface area contributed by atoms with Crippen LogP contribution in [0.15, 0.2) is 30.6 Å². The first-order valence-electron chi connectivity index (χ1n) is 9.69. The van der Waals surface area contributed by atoms with Crippen molar-refractivity contribution in [1.82, 2.24) is 14.3 Å². The molecule has 0 atom stereocenters. The average Bonchev–Trinajstić information content (AvgIpc) is 3.30. The zero-order valence-electron chi connectivity index (χ0n) is 16.8. The Balaban J connectivity index is 1.97. The first-order valence-corrected chi connectivity index (χ1v) is 9.69. The summed E-state index contributed by atoms with van der Waals surface area (Å²) >= 11 is 0. The summed E-state index contributed by atoms with van der Waals surface area (Å²) in [5.41, 5.74) is 2.52. The van der Waals surface area contributed by atoms with E-state index >= 15 is 0 Å². The summed E-state index contributed by atoms with van der Waals surface area (Å²) < 4.78 is 7.43. The smallest absolute Gasteiger partial charge is 0.359 e. The highest BCUT2D eigenvalue weighted by molar-refractivity contribution is 6.11. The van der Waals surface area contributed by atoms with Gasteiger partial charge in [0.1, 0.15) is 11.9 Å². The lowest BCUT2D eigenvalue weighted by Gasteiger charge is -2.21. The van der Waals surface area contributed by atoms with Gasteiger partial charge in [-0.15, -0.1) is 0 Å². The molecule has 1 aromatic carbocycles. The Labute approximate surface area is 164 Å². The number of likely N-dealkylation sites (tertiary alicyclic amines) is 1. The number of fused-ring (bicyclic) bond motifs is 3. The van der Waals surface area contributed by atoms with E-state index in [-0.39, 0.29) is 11.6 Å². The number of carbonyl (C=O) groups is 2. The number of nitrogens with zero attached hydrogens (tertiary/aromatic N) is 3. The van der Waals surface area contributed by atoms with Crippen molar-refractivity contribution < 1.29 is 14.3 Å². The van der Waals surface area contributed by atoms with Crippen molar-refractivity contribution in [1.29, 1.82) is 0 Å². The molecular formula is C22H25N3O3. The lowest BCUT2D eigenvalue weighted by molar-refractivity contribution is 0.00655. The number of aromatic nitrogens is 2. The van der Waals surface area contributed by atoms with Gasteiger partial charge >= 0.3 is 5.97 Å². The van der Waals surface area contributed by atoms with Crippen molar-refractivity contribution in [2.75, 3.05) is 13.1 Å². The summed E-state index contributed by atoms with van der Waals surface area (Å²) in [6.07, 6.45) is 3.69. The molecule has 28 heavy (non-hydrogen) atoms. The normalized spacial score (nSPS) is 14.8. The van der Waals surface area contributed by atoms with Crippen molar-refractivity contribution >= 4 is 28.3 Å². The van der Waals surface area contributed by atoms with E-state index in [4.69, 9.17) is 4.74 Å².